The maximum absolute atomic E-state index is 12.0. The van der Waals surface area contributed by atoms with E-state index in [1.54, 1.807) is 24.3 Å². The van der Waals surface area contributed by atoms with Gasteiger partial charge in [0.1, 0.15) is 23.9 Å². The number of carbonyl (C=O) groups excluding carboxylic acids is 1. The van der Waals surface area contributed by atoms with Gasteiger partial charge < -0.3 is 9.47 Å². The average molecular weight is 400 g/mol. The van der Waals surface area contributed by atoms with E-state index in [4.69, 9.17) is 21.1 Å². The van der Waals surface area contributed by atoms with Crippen LogP contribution < -0.4 is 4.74 Å². The molecule has 0 aliphatic heterocycles. The number of halogens is 1. The van der Waals surface area contributed by atoms with E-state index < -0.39 is 31.3 Å². The van der Waals surface area contributed by atoms with Crippen LogP contribution >= 0.6 is 11.6 Å². The van der Waals surface area contributed by atoms with Crippen molar-refractivity contribution in [1.82, 2.24) is 0 Å². The molecule has 0 aliphatic carbocycles. The number of benzene rings is 2. The van der Waals surface area contributed by atoms with Crippen LogP contribution in [-0.4, -0.2) is 38.8 Å². The van der Waals surface area contributed by atoms with E-state index in [1.807, 2.05) is 0 Å². The quantitative estimate of drug-likeness (QED) is 0.304. The third-order valence-corrected chi connectivity index (χ3v) is 4.55. The van der Waals surface area contributed by atoms with Gasteiger partial charge in [0.15, 0.2) is 9.84 Å². The van der Waals surface area contributed by atoms with Crippen molar-refractivity contribution in [3.05, 3.63) is 63.2 Å². The number of carbonyl (C=O) groups is 1. The van der Waals surface area contributed by atoms with Crippen molar-refractivity contribution in [2.75, 3.05) is 19.5 Å². The highest BCUT2D eigenvalue weighted by Crippen LogP contribution is 2.25. The van der Waals surface area contributed by atoms with Crippen molar-refractivity contribution in [2.24, 2.45) is 0 Å². The lowest BCUT2D eigenvalue weighted by atomic mass is 10.2. The minimum Gasteiger partial charge on any atom is -0.490 e. The molecular formula is C16H14ClNO7S. The number of nitro benzene ring substituents is 1. The van der Waals surface area contributed by atoms with Crippen LogP contribution in [0.25, 0.3) is 0 Å². The van der Waals surface area contributed by atoms with Gasteiger partial charge in [-0.25, -0.2) is 13.2 Å². The fourth-order valence-electron chi connectivity index (χ4n) is 2.03. The Labute approximate surface area is 154 Å². The average Bonchev–Trinajstić information content (AvgIpc) is 2.57. The highest BCUT2D eigenvalue weighted by atomic mass is 35.5. The topological polar surface area (TPSA) is 113 Å². The molecule has 0 bridgehead atoms. The molecule has 2 aromatic rings. The molecule has 0 aliphatic rings. The van der Waals surface area contributed by atoms with Gasteiger partial charge in [0, 0.05) is 17.3 Å². The lowest BCUT2D eigenvalue weighted by Crippen LogP contribution is -2.13. The van der Waals surface area contributed by atoms with Gasteiger partial charge >= 0.3 is 5.97 Å². The molecule has 0 spiro atoms. The lowest BCUT2D eigenvalue weighted by Gasteiger charge is -2.08. The maximum atomic E-state index is 12.0. The molecule has 0 unspecified atom stereocenters. The van der Waals surface area contributed by atoms with E-state index in [1.165, 1.54) is 0 Å². The van der Waals surface area contributed by atoms with Crippen LogP contribution in [0.4, 0.5) is 5.69 Å². The first-order chi connectivity index (χ1) is 12.2. The number of rotatable bonds is 7. The summed E-state index contributed by atoms with van der Waals surface area (Å²) in [7, 11) is -3.80. The number of esters is 1. The van der Waals surface area contributed by atoms with E-state index in [2.05, 4.69) is 0 Å². The maximum Gasteiger partial charge on any atom is 0.338 e. The molecular weight excluding hydrogens is 386 g/mol. The first kappa shape index (κ1) is 19.7. The predicted octanol–water partition coefficient (Wildman–Crippen LogP) is 2.89. The summed E-state index contributed by atoms with van der Waals surface area (Å²) in [5.74, 6) is -0.329. The Hall–Kier alpha value is -2.65. The standard InChI is InChI=1S/C16H14ClNO7S/c1-26(22,23)15-6-5-11(9-14(15)18(20)21)16(19)25-8-7-24-13-4-2-3-12(17)10-13/h2-6,9-10H,7-8H2,1H3. The zero-order chi connectivity index (χ0) is 19.3. The van der Waals surface area contributed by atoms with Crippen LogP contribution in [0.5, 0.6) is 5.75 Å². The van der Waals surface area contributed by atoms with Crippen LogP contribution in [0.3, 0.4) is 0 Å². The van der Waals surface area contributed by atoms with E-state index >= 15 is 0 Å². The number of hydrogen-bond acceptors (Lipinski definition) is 7. The summed E-state index contributed by atoms with van der Waals surface area (Å²) in [5, 5.41) is 11.5. The summed E-state index contributed by atoms with van der Waals surface area (Å²) < 4.78 is 33.4. The second-order valence-corrected chi connectivity index (χ2v) is 7.57. The zero-order valence-corrected chi connectivity index (χ0v) is 15.1. The van der Waals surface area contributed by atoms with Crippen molar-refractivity contribution in [2.45, 2.75) is 4.90 Å². The molecule has 2 rings (SSSR count). The van der Waals surface area contributed by atoms with Gasteiger partial charge in [0.2, 0.25) is 0 Å². The minimum absolute atomic E-state index is 0.0512. The molecule has 0 saturated carbocycles. The van der Waals surface area contributed by atoms with Crippen LogP contribution in [0.15, 0.2) is 47.4 Å². The van der Waals surface area contributed by atoms with Gasteiger partial charge in [-0.1, -0.05) is 17.7 Å². The predicted molar refractivity (Wildman–Crippen MR) is 93.4 cm³/mol. The second kappa shape index (κ2) is 8.15. The summed E-state index contributed by atoms with van der Waals surface area (Å²) in [5.41, 5.74) is -0.816. The fraction of sp³-hybridized carbons (Fsp3) is 0.188. The van der Waals surface area contributed by atoms with Crippen LogP contribution in [0.1, 0.15) is 10.4 Å². The molecule has 0 N–H and O–H groups in total. The third kappa shape index (κ3) is 5.17. The molecule has 2 aromatic carbocycles. The Bertz CT molecular complexity index is 943. The molecule has 8 nitrogen and oxygen atoms in total. The summed E-state index contributed by atoms with van der Waals surface area (Å²) in [6, 6.07) is 9.69. The van der Waals surface area contributed by atoms with Gasteiger partial charge in [-0.2, -0.15) is 0 Å². The number of sulfone groups is 1. The normalized spacial score (nSPS) is 11.0. The van der Waals surface area contributed by atoms with Crippen LogP contribution in [-0.2, 0) is 14.6 Å². The van der Waals surface area contributed by atoms with E-state index in [0.717, 1.165) is 24.5 Å². The SMILES string of the molecule is CS(=O)(=O)c1ccc(C(=O)OCCOc2cccc(Cl)c2)cc1[N+](=O)[O-]. The van der Waals surface area contributed by atoms with Gasteiger partial charge in [-0.05, 0) is 30.3 Å². The Morgan fingerprint density at radius 3 is 2.54 bits per heavy atom. The summed E-state index contributed by atoms with van der Waals surface area (Å²) in [6.45, 7) is -0.0530. The molecule has 0 radical (unpaired) electrons. The Morgan fingerprint density at radius 2 is 1.92 bits per heavy atom. The highest BCUT2D eigenvalue weighted by Gasteiger charge is 2.24. The lowest BCUT2D eigenvalue weighted by molar-refractivity contribution is -0.387. The van der Waals surface area contributed by atoms with Crippen molar-refractivity contribution < 1.29 is 27.6 Å². The van der Waals surface area contributed by atoms with Crippen LogP contribution in [0.2, 0.25) is 5.02 Å². The number of nitrogens with zero attached hydrogens (tertiary/aromatic N) is 1. The van der Waals surface area contributed by atoms with Crippen LogP contribution in [0, 0.1) is 10.1 Å². The minimum atomic E-state index is -3.80. The number of hydrogen-bond donors (Lipinski definition) is 0. The van der Waals surface area contributed by atoms with Crippen molar-refractivity contribution in [3.63, 3.8) is 0 Å². The molecule has 0 saturated heterocycles. The molecule has 10 heteroatoms. The second-order valence-electron chi connectivity index (χ2n) is 5.15. The number of nitro groups is 1. The molecule has 138 valence electrons. The molecule has 26 heavy (non-hydrogen) atoms. The van der Waals surface area contributed by atoms with Gasteiger partial charge in [0.25, 0.3) is 5.69 Å². The van der Waals surface area contributed by atoms with E-state index in [-0.39, 0.29) is 18.8 Å². The molecule has 0 fully saturated rings. The zero-order valence-electron chi connectivity index (χ0n) is 13.5. The Balaban J connectivity index is 2.01. The van der Waals surface area contributed by atoms with Gasteiger partial charge in [-0.3, -0.25) is 10.1 Å². The largest absolute Gasteiger partial charge is 0.490 e. The van der Waals surface area contributed by atoms with Crippen molar-refractivity contribution in [3.8, 4) is 5.75 Å². The molecule has 0 heterocycles. The van der Waals surface area contributed by atoms with E-state index in [9.17, 15) is 23.3 Å². The number of ether oxygens (including phenoxy) is 2. The molecule has 0 atom stereocenters. The van der Waals surface area contributed by atoms with Gasteiger partial charge in [-0.15, -0.1) is 0 Å². The first-order valence-corrected chi connectivity index (χ1v) is 9.49. The van der Waals surface area contributed by atoms with E-state index in [0.29, 0.717) is 10.8 Å². The Morgan fingerprint density at radius 1 is 1.19 bits per heavy atom. The van der Waals surface area contributed by atoms with Gasteiger partial charge in [0.05, 0.1) is 10.5 Å². The summed E-state index contributed by atoms with van der Waals surface area (Å²) >= 11 is 5.81. The monoisotopic (exact) mass is 399 g/mol. The molecule has 0 amide bonds. The molecule has 0 aromatic heterocycles. The summed E-state index contributed by atoms with van der Waals surface area (Å²) in [6.07, 6.45) is 0.848. The summed E-state index contributed by atoms with van der Waals surface area (Å²) in [4.78, 5) is 21.7. The Kier molecular flexibility index (Phi) is 6.17. The highest BCUT2D eigenvalue weighted by molar-refractivity contribution is 7.90. The smallest absolute Gasteiger partial charge is 0.338 e. The van der Waals surface area contributed by atoms with Crippen molar-refractivity contribution in [1.29, 1.82) is 0 Å². The fourth-order valence-corrected chi connectivity index (χ4v) is 3.04. The third-order valence-electron chi connectivity index (χ3n) is 3.17. The van der Waals surface area contributed by atoms with Crippen molar-refractivity contribution >= 4 is 33.1 Å². The first-order valence-electron chi connectivity index (χ1n) is 7.22.